The highest BCUT2D eigenvalue weighted by Gasteiger charge is 2.24. The second kappa shape index (κ2) is 6.74. The van der Waals surface area contributed by atoms with Crippen molar-refractivity contribution in [3.05, 3.63) is 34.5 Å². The molecule has 2 N–H and O–H groups in total. The molecule has 0 saturated heterocycles. The van der Waals surface area contributed by atoms with Crippen molar-refractivity contribution in [3.8, 4) is 0 Å². The fourth-order valence-electron chi connectivity index (χ4n) is 1.99. The Kier molecular flexibility index (Phi) is 4.95. The maximum Gasteiger partial charge on any atom is 0.349 e. The van der Waals surface area contributed by atoms with Crippen molar-refractivity contribution in [2.24, 2.45) is 0 Å². The average molecular weight is 338 g/mol. The van der Waals surface area contributed by atoms with Gasteiger partial charge in [-0.1, -0.05) is 6.07 Å². The predicted octanol–water partition coefficient (Wildman–Crippen LogP) is 2.35. The number of ether oxygens (including phenoxy) is 1. The highest BCUT2D eigenvalue weighted by atomic mass is 32.1. The summed E-state index contributed by atoms with van der Waals surface area (Å²) in [5.74, 6) is -1.90. The summed E-state index contributed by atoms with van der Waals surface area (Å²) in [6.45, 7) is 2.97. The Labute approximate surface area is 135 Å². The van der Waals surface area contributed by atoms with Gasteiger partial charge in [0.05, 0.1) is 0 Å². The van der Waals surface area contributed by atoms with Crippen LogP contribution in [-0.2, 0) is 9.53 Å². The number of hydrogen-bond donors (Lipinski definition) is 2. The quantitative estimate of drug-likeness (QED) is 0.842. The third kappa shape index (κ3) is 3.48. The van der Waals surface area contributed by atoms with Crippen LogP contribution in [0.5, 0.6) is 0 Å². The minimum atomic E-state index is -1.16. The van der Waals surface area contributed by atoms with Crippen LogP contribution in [0.25, 0.3) is 10.1 Å². The summed E-state index contributed by atoms with van der Waals surface area (Å²) in [4.78, 5) is 35.2. The summed E-state index contributed by atoms with van der Waals surface area (Å²) < 4.78 is 19.5. The minimum Gasteiger partial charge on any atom is -0.448 e. The van der Waals surface area contributed by atoms with E-state index in [2.05, 4.69) is 5.32 Å². The molecule has 0 fully saturated rings. The monoisotopic (exact) mass is 338 g/mol. The van der Waals surface area contributed by atoms with Gasteiger partial charge in [0.25, 0.3) is 5.91 Å². The van der Waals surface area contributed by atoms with Gasteiger partial charge < -0.3 is 10.1 Å². The second-order valence-electron chi connectivity index (χ2n) is 4.79. The molecule has 1 heterocycles. The van der Waals surface area contributed by atoms with Gasteiger partial charge in [-0.15, -0.1) is 11.3 Å². The first-order chi connectivity index (χ1) is 10.8. The molecule has 0 aliphatic rings. The highest BCUT2D eigenvalue weighted by Crippen LogP contribution is 2.33. The topological polar surface area (TPSA) is 84.5 Å². The normalized spacial score (nSPS) is 11.8. The number of imide groups is 1. The van der Waals surface area contributed by atoms with E-state index in [1.165, 1.54) is 20.0 Å². The molecule has 0 radical (unpaired) electrons. The van der Waals surface area contributed by atoms with Gasteiger partial charge in [-0.3, -0.25) is 10.1 Å². The van der Waals surface area contributed by atoms with Crippen LogP contribution in [0.15, 0.2) is 18.2 Å². The molecule has 6 nitrogen and oxygen atoms in total. The molecule has 0 unspecified atom stereocenters. The summed E-state index contributed by atoms with van der Waals surface area (Å²) >= 11 is 1.09. The van der Waals surface area contributed by atoms with Gasteiger partial charge in [0.1, 0.15) is 10.7 Å². The predicted molar refractivity (Wildman–Crippen MR) is 84.0 cm³/mol. The van der Waals surface area contributed by atoms with Crippen LogP contribution < -0.4 is 10.6 Å². The Balaban J connectivity index is 2.18. The molecule has 2 aromatic rings. The number of carbonyl (C=O) groups is 3. The second-order valence-corrected chi connectivity index (χ2v) is 5.84. The van der Waals surface area contributed by atoms with Crippen LogP contribution in [0.2, 0.25) is 0 Å². The molecule has 1 aromatic heterocycles. The van der Waals surface area contributed by atoms with Gasteiger partial charge in [-0.05, 0) is 31.5 Å². The number of carbonyl (C=O) groups excluding carboxylic acids is 3. The molecule has 0 bridgehead atoms. The summed E-state index contributed by atoms with van der Waals surface area (Å²) in [5, 5.41) is 4.60. The van der Waals surface area contributed by atoms with E-state index in [4.69, 9.17) is 4.74 Å². The number of benzene rings is 1. The van der Waals surface area contributed by atoms with Gasteiger partial charge in [-0.25, -0.2) is 14.0 Å². The van der Waals surface area contributed by atoms with Crippen molar-refractivity contribution in [2.45, 2.75) is 20.0 Å². The molecule has 0 saturated carbocycles. The van der Waals surface area contributed by atoms with Crippen LogP contribution >= 0.6 is 11.3 Å². The number of aryl methyl sites for hydroxylation is 1. The number of halogens is 1. The van der Waals surface area contributed by atoms with Crippen LogP contribution in [0, 0.1) is 12.7 Å². The number of esters is 1. The van der Waals surface area contributed by atoms with Gasteiger partial charge >= 0.3 is 12.0 Å². The standard InChI is InChI=1S/C15H15FN2O4S/c1-7-11-9(16)5-4-6-10(11)23-12(7)14(20)22-8(2)13(19)18-15(21)17-3/h4-6,8H,1-3H3,(H2,17,18,19,21)/t8-/m1/s1. The fourth-order valence-corrected chi connectivity index (χ4v) is 3.10. The fraction of sp³-hybridized carbons (Fsp3) is 0.267. The molecule has 1 atom stereocenters. The smallest absolute Gasteiger partial charge is 0.349 e. The first-order valence-corrected chi connectivity index (χ1v) is 7.58. The number of fused-ring (bicyclic) bond motifs is 1. The van der Waals surface area contributed by atoms with Gasteiger partial charge in [0.15, 0.2) is 6.10 Å². The third-order valence-electron chi connectivity index (χ3n) is 3.21. The Hall–Kier alpha value is -2.48. The molecule has 23 heavy (non-hydrogen) atoms. The van der Waals surface area contributed by atoms with Crippen molar-refractivity contribution in [3.63, 3.8) is 0 Å². The van der Waals surface area contributed by atoms with Crippen molar-refractivity contribution < 1.29 is 23.5 Å². The number of amides is 3. The number of urea groups is 1. The highest BCUT2D eigenvalue weighted by molar-refractivity contribution is 7.21. The molecule has 0 spiro atoms. The van der Waals surface area contributed by atoms with E-state index in [0.29, 0.717) is 15.6 Å². The van der Waals surface area contributed by atoms with Crippen molar-refractivity contribution in [2.75, 3.05) is 7.05 Å². The lowest BCUT2D eigenvalue weighted by atomic mass is 10.1. The summed E-state index contributed by atoms with van der Waals surface area (Å²) in [6, 6.07) is 3.88. The lowest BCUT2D eigenvalue weighted by molar-refractivity contribution is -0.127. The van der Waals surface area contributed by atoms with Crippen molar-refractivity contribution >= 4 is 39.3 Å². The lowest BCUT2D eigenvalue weighted by Crippen LogP contribution is -2.43. The summed E-state index contributed by atoms with van der Waals surface area (Å²) in [7, 11) is 1.36. The molecule has 8 heteroatoms. The van der Waals surface area contributed by atoms with Gasteiger partial charge in [0.2, 0.25) is 0 Å². The van der Waals surface area contributed by atoms with E-state index in [1.807, 2.05) is 5.32 Å². The van der Waals surface area contributed by atoms with Crippen LogP contribution in [0.1, 0.15) is 22.2 Å². The van der Waals surface area contributed by atoms with Crippen LogP contribution in [-0.4, -0.2) is 31.1 Å². The number of nitrogens with one attached hydrogen (secondary N) is 2. The molecule has 0 aliphatic carbocycles. The summed E-state index contributed by atoms with van der Waals surface area (Å²) in [6.07, 6.45) is -1.16. The van der Waals surface area contributed by atoms with E-state index in [0.717, 1.165) is 11.3 Å². The zero-order valence-electron chi connectivity index (χ0n) is 12.7. The summed E-state index contributed by atoms with van der Waals surface area (Å²) in [5.41, 5.74) is 0.465. The van der Waals surface area contributed by atoms with E-state index in [1.54, 1.807) is 19.1 Å². The maximum atomic E-state index is 13.8. The van der Waals surface area contributed by atoms with E-state index in [9.17, 15) is 18.8 Å². The Morgan fingerprint density at radius 3 is 2.61 bits per heavy atom. The largest absolute Gasteiger partial charge is 0.448 e. The van der Waals surface area contributed by atoms with E-state index >= 15 is 0 Å². The minimum absolute atomic E-state index is 0.227. The number of hydrogen-bond acceptors (Lipinski definition) is 5. The third-order valence-corrected chi connectivity index (χ3v) is 4.44. The molecule has 2 rings (SSSR count). The van der Waals surface area contributed by atoms with Gasteiger partial charge in [-0.2, -0.15) is 0 Å². The molecule has 1 aromatic carbocycles. The lowest BCUT2D eigenvalue weighted by Gasteiger charge is -2.12. The Morgan fingerprint density at radius 1 is 1.30 bits per heavy atom. The molecule has 0 aliphatic heterocycles. The molecular weight excluding hydrogens is 323 g/mol. The Bertz CT molecular complexity index is 787. The van der Waals surface area contributed by atoms with E-state index < -0.39 is 29.8 Å². The molecule has 122 valence electrons. The molecular formula is C15H15FN2O4S. The Morgan fingerprint density at radius 2 is 2.00 bits per heavy atom. The van der Waals surface area contributed by atoms with Gasteiger partial charge in [0, 0.05) is 17.1 Å². The van der Waals surface area contributed by atoms with Crippen molar-refractivity contribution in [1.29, 1.82) is 0 Å². The number of thiophene rings is 1. The maximum absolute atomic E-state index is 13.8. The van der Waals surface area contributed by atoms with Crippen LogP contribution in [0.3, 0.4) is 0 Å². The zero-order chi connectivity index (χ0) is 17.1. The zero-order valence-corrected chi connectivity index (χ0v) is 13.5. The SMILES string of the molecule is CNC(=O)NC(=O)[C@@H](C)OC(=O)c1sc2cccc(F)c2c1C. The van der Waals surface area contributed by atoms with Crippen LogP contribution in [0.4, 0.5) is 9.18 Å². The van der Waals surface area contributed by atoms with Crippen molar-refractivity contribution in [1.82, 2.24) is 10.6 Å². The molecule has 3 amide bonds. The number of rotatable bonds is 3. The average Bonchev–Trinajstić information content (AvgIpc) is 2.85. The first-order valence-electron chi connectivity index (χ1n) is 6.76. The first kappa shape index (κ1) is 16.9. The van der Waals surface area contributed by atoms with E-state index in [-0.39, 0.29) is 4.88 Å².